The summed E-state index contributed by atoms with van der Waals surface area (Å²) >= 11 is 9.48. The highest BCUT2D eigenvalue weighted by atomic mass is 79.9. The zero-order valence-corrected chi connectivity index (χ0v) is 13.0. The van der Waals surface area contributed by atoms with Gasteiger partial charge in [0.2, 0.25) is 0 Å². The number of benzene rings is 1. The van der Waals surface area contributed by atoms with Gasteiger partial charge in [0, 0.05) is 12.0 Å². The SMILES string of the molecule is CC(C)c1nc(N)cc(Nc2cccc(Cl)c2Br)n1. The minimum Gasteiger partial charge on any atom is -0.384 e. The minimum absolute atomic E-state index is 0.215. The van der Waals surface area contributed by atoms with Crippen LogP contribution in [0, 0.1) is 0 Å². The molecule has 0 amide bonds. The maximum atomic E-state index is 6.05. The van der Waals surface area contributed by atoms with Gasteiger partial charge in [-0.15, -0.1) is 0 Å². The van der Waals surface area contributed by atoms with Crippen LogP contribution in [0.4, 0.5) is 17.3 Å². The Morgan fingerprint density at radius 3 is 2.74 bits per heavy atom. The topological polar surface area (TPSA) is 63.8 Å². The molecule has 19 heavy (non-hydrogen) atoms. The van der Waals surface area contributed by atoms with Gasteiger partial charge in [-0.3, -0.25) is 0 Å². The van der Waals surface area contributed by atoms with E-state index >= 15 is 0 Å². The number of halogens is 2. The number of hydrogen-bond acceptors (Lipinski definition) is 4. The van der Waals surface area contributed by atoms with Crippen LogP contribution in [0.1, 0.15) is 25.6 Å². The summed E-state index contributed by atoms with van der Waals surface area (Å²) in [5, 5.41) is 3.82. The molecule has 0 atom stereocenters. The molecule has 0 aliphatic heterocycles. The number of anilines is 3. The lowest BCUT2D eigenvalue weighted by atomic mass is 10.2. The first-order chi connectivity index (χ1) is 8.97. The second-order valence-electron chi connectivity index (χ2n) is 4.42. The fourth-order valence-electron chi connectivity index (χ4n) is 1.55. The monoisotopic (exact) mass is 340 g/mol. The predicted octanol–water partition coefficient (Wildman–Crippen LogP) is 4.34. The van der Waals surface area contributed by atoms with Gasteiger partial charge in [0.05, 0.1) is 15.2 Å². The summed E-state index contributed by atoms with van der Waals surface area (Å²) in [5.74, 6) is 2.02. The second-order valence-corrected chi connectivity index (χ2v) is 5.62. The first-order valence-corrected chi connectivity index (χ1v) is 7.00. The number of hydrogen-bond donors (Lipinski definition) is 2. The van der Waals surface area contributed by atoms with Crippen molar-refractivity contribution in [3.63, 3.8) is 0 Å². The van der Waals surface area contributed by atoms with Crippen LogP contribution < -0.4 is 11.1 Å². The maximum Gasteiger partial charge on any atom is 0.136 e. The molecule has 1 aromatic carbocycles. The lowest BCUT2D eigenvalue weighted by Gasteiger charge is -2.11. The summed E-state index contributed by atoms with van der Waals surface area (Å²) in [6.45, 7) is 4.04. The molecule has 0 aliphatic rings. The van der Waals surface area contributed by atoms with Gasteiger partial charge in [0.1, 0.15) is 17.5 Å². The average molecular weight is 342 g/mol. The normalized spacial score (nSPS) is 10.8. The molecule has 0 unspecified atom stereocenters. The van der Waals surface area contributed by atoms with Crippen molar-refractivity contribution in [1.82, 2.24) is 9.97 Å². The lowest BCUT2D eigenvalue weighted by molar-refractivity contribution is 0.779. The third-order valence-electron chi connectivity index (χ3n) is 2.49. The van der Waals surface area contributed by atoms with E-state index in [1.807, 2.05) is 32.0 Å². The van der Waals surface area contributed by atoms with E-state index in [2.05, 4.69) is 31.2 Å². The van der Waals surface area contributed by atoms with Crippen molar-refractivity contribution in [3.8, 4) is 0 Å². The summed E-state index contributed by atoms with van der Waals surface area (Å²) < 4.78 is 0.792. The van der Waals surface area contributed by atoms with Crippen molar-refractivity contribution in [2.75, 3.05) is 11.1 Å². The van der Waals surface area contributed by atoms with Gasteiger partial charge >= 0.3 is 0 Å². The van der Waals surface area contributed by atoms with E-state index in [1.54, 1.807) is 6.07 Å². The Labute approximate surface area is 125 Å². The largest absolute Gasteiger partial charge is 0.384 e. The van der Waals surface area contributed by atoms with Gasteiger partial charge in [-0.25, -0.2) is 9.97 Å². The number of aromatic nitrogens is 2. The van der Waals surface area contributed by atoms with E-state index in [9.17, 15) is 0 Å². The van der Waals surface area contributed by atoms with Gasteiger partial charge in [-0.1, -0.05) is 31.5 Å². The quantitative estimate of drug-likeness (QED) is 0.871. The van der Waals surface area contributed by atoms with Crippen LogP contribution in [0.25, 0.3) is 0 Å². The van der Waals surface area contributed by atoms with E-state index in [1.165, 1.54) is 0 Å². The van der Waals surface area contributed by atoms with Crippen molar-refractivity contribution >= 4 is 44.9 Å². The standard InChI is InChI=1S/C13H14BrClN4/c1-7(2)13-18-10(16)6-11(19-13)17-9-5-3-4-8(15)12(9)14/h3-7H,1-2H3,(H3,16,17,18,19). The molecule has 4 nitrogen and oxygen atoms in total. The van der Waals surface area contributed by atoms with E-state index in [4.69, 9.17) is 17.3 Å². The summed E-state index contributed by atoms with van der Waals surface area (Å²) in [6.07, 6.45) is 0. The predicted molar refractivity (Wildman–Crippen MR) is 83.0 cm³/mol. The molecule has 2 aromatic rings. The van der Waals surface area contributed by atoms with Crippen LogP contribution in [0.15, 0.2) is 28.7 Å². The minimum atomic E-state index is 0.215. The molecule has 0 saturated heterocycles. The second kappa shape index (κ2) is 5.75. The molecule has 0 spiro atoms. The van der Waals surface area contributed by atoms with Crippen LogP contribution >= 0.6 is 27.5 Å². The van der Waals surface area contributed by atoms with E-state index < -0.39 is 0 Å². The maximum absolute atomic E-state index is 6.05. The van der Waals surface area contributed by atoms with Crippen molar-refractivity contribution in [2.45, 2.75) is 19.8 Å². The van der Waals surface area contributed by atoms with Crippen LogP contribution in [0.2, 0.25) is 5.02 Å². The highest BCUT2D eigenvalue weighted by Gasteiger charge is 2.09. The van der Waals surface area contributed by atoms with Crippen LogP contribution in [-0.2, 0) is 0 Å². The molecule has 0 aliphatic carbocycles. The fraction of sp³-hybridized carbons (Fsp3) is 0.231. The Hall–Kier alpha value is -1.33. The van der Waals surface area contributed by atoms with Crippen LogP contribution in [0.5, 0.6) is 0 Å². The Kier molecular flexibility index (Phi) is 4.27. The molecule has 0 fully saturated rings. The first kappa shape index (κ1) is 14.1. The smallest absolute Gasteiger partial charge is 0.136 e. The van der Waals surface area contributed by atoms with E-state index in [0.29, 0.717) is 22.5 Å². The highest BCUT2D eigenvalue weighted by Crippen LogP contribution is 2.32. The fourth-order valence-corrected chi connectivity index (χ4v) is 2.08. The van der Waals surface area contributed by atoms with Crippen molar-refractivity contribution in [2.24, 2.45) is 0 Å². The highest BCUT2D eigenvalue weighted by molar-refractivity contribution is 9.10. The first-order valence-electron chi connectivity index (χ1n) is 5.83. The molecule has 100 valence electrons. The summed E-state index contributed by atoms with van der Waals surface area (Å²) in [6, 6.07) is 7.27. The number of nitrogens with zero attached hydrogens (tertiary/aromatic N) is 2. The van der Waals surface area contributed by atoms with Crippen LogP contribution in [0.3, 0.4) is 0 Å². The molecule has 6 heteroatoms. The molecule has 3 N–H and O–H groups in total. The van der Waals surface area contributed by atoms with E-state index in [0.717, 1.165) is 10.2 Å². The number of nitrogens with one attached hydrogen (secondary N) is 1. The molecular formula is C13H14BrClN4. The number of nitrogen functional groups attached to an aromatic ring is 1. The molecule has 1 heterocycles. The van der Waals surface area contributed by atoms with Gasteiger partial charge in [-0.2, -0.15) is 0 Å². The number of rotatable bonds is 3. The van der Waals surface area contributed by atoms with E-state index in [-0.39, 0.29) is 5.92 Å². The molecule has 0 radical (unpaired) electrons. The third kappa shape index (κ3) is 3.36. The average Bonchev–Trinajstić information content (AvgIpc) is 2.34. The molecular weight excluding hydrogens is 328 g/mol. The number of nitrogens with two attached hydrogens (primary N) is 1. The molecule has 0 saturated carbocycles. The van der Waals surface area contributed by atoms with Gasteiger partial charge in [0.15, 0.2) is 0 Å². The van der Waals surface area contributed by atoms with Crippen molar-refractivity contribution in [1.29, 1.82) is 0 Å². The Bertz CT molecular complexity index is 601. The zero-order chi connectivity index (χ0) is 14.0. The molecule has 0 bridgehead atoms. The summed E-state index contributed by atoms with van der Waals surface area (Å²) in [7, 11) is 0. The van der Waals surface area contributed by atoms with Crippen molar-refractivity contribution < 1.29 is 0 Å². The Morgan fingerprint density at radius 1 is 1.32 bits per heavy atom. The summed E-state index contributed by atoms with van der Waals surface area (Å²) in [4.78, 5) is 8.64. The van der Waals surface area contributed by atoms with Gasteiger partial charge in [0.25, 0.3) is 0 Å². The van der Waals surface area contributed by atoms with Gasteiger partial charge in [-0.05, 0) is 28.1 Å². The van der Waals surface area contributed by atoms with Crippen molar-refractivity contribution in [3.05, 3.63) is 39.6 Å². The Balaban J connectivity index is 2.35. The summed E-state index contributed by atoms with van der Waals surface area (Å²) in [5.41, 5.74) is 6.62. The Morgan fingerprint density at radius 2 is 2.05 bits per heavy atom. The zero-order valence-electron chi connectivity index (χ0n) is 10.6. The molecule has 1 aromatic heterocycles. The third-order valence-corrected chi connectivity index (χ3v) is 3.89. The lowest BCUT2D eigenvalue weighted by Crippen LogP contribution is -2.05. The molecule has 2 rings (SSSR count). The van der Waals surface area contributed by atoms with Crippen LogP contribution in [-0.4, -0.2) is 9.97 Å². The van der Waals surface area contributed by atoms with Gasteiger partial charge < -0.3 is 11.1 Å².